The molecule has 2 aliphatic heterocycles. The fourth-order valence-corrected chi connectivity index (χ4v) is 7.80. The zero-order chi connectivity index (χ0) is 29.4. The molecule has 1 aliphatic carbocycles. The minimum Gasteiger partial charge on any atom is -0.432 e. The molecule has 0 radical (unpaired) electrons. The molecule has 3 atom stereocenters. The quantitative estimate of drug-likeness (QED) is 0.257. The van der Waals surface area contributed by atoms with E-state index in [1.165, 1.54) is 6.07 Å². The normalized spacial score (nSPS) is 22.8. The highest BCUT2D eigenvalue weighted by Crippen LogP contribution is 2.46. The van der Waals surface area contributed by atoms with E-state index in [1.54, 1.807) is 24.5 Å². The molecule has 9 nitrogen and oxygen atoms in total. The number of ether oxygens (including phenoxy) is 1. The Morgan fingerprint density at radius 2 is 2.05 bits per heavy atom. The predicted octanol–water partition coefficient (Wildman–Crippen LogP) is 3.40. The van der Waals surface area contributed by atoms with Gasteiger partial charge in [0.15, 0.2) is 14.6 Å². The van der Waals surface area contributed by atoms with Gasteiger partial charge in [-0.1, -0.05) is 6.92 Å². The molecule has 0 saturated heterocycles. The maximum absolute atomic E-state index is 15.1. The van der Waals surface area contributed by atoms with E-state index in [9.17, 15) is 24.6 Å². The standard InChI is InChI=1S/C30H36FN3O6Si/c1-5-30(38)19-11-23-27-17(13-34(23)28(36)18(19)14-40-29(30)37)26-21(32-24(35)7-6-10-41(3,4)39)9-8-16-15(2)20(31)12-22(33-27)25(16)26/h11-12,21,29,37-39H,5-10,13-14H2,1-4H3,(H,32,35)/t21-,29?,30-/m0/s1. The van der Waals surface area contributed by atoms with Crippen molar-refractivity contribution in [2.45, 2.75) is 96.2 Å². The Balaban J connectivity index is 1.50. The van der Waals surface area contributed by atoms with Crippen molar-refractivity contribution in [1.82, 2.24) is 14.9 Å². The minimum atomic E-state index is -2.26. The van der Waals surface area contributed by atoms with E-state index in [1.807, 2.05) is 13.1 Å². The van der Waals surface area contributed by atoms with E-state index in [2.05, 4.69) is 5.32 Å². The highest BCUT2D eigenvalue weighted by atomic mass is 28.4. The molecule has 1 unspecified atom stereocenters. The first kappa shape index (κ1) is 28.2. The van der Waals surface area contributed by atoms with E-state index >= 15 is 4.39 Å². The summed E-state index contributed by atoms with van der Waals surface area (Å²) in [6, 6.07) is 3.39. The fraction of sp³-hybridized carbons (Fsp3) is 0.500. The molecule has 2 aromatic heterocycles. The molecule has 0 saturated carbocycles. The molecule has 0 spiro atoms. The molecule has 0 fully saturated rings. The Hall–Kier alpha value is -2.96. The third kappa shape index (κ3) is 4.45. The molecule has 1 aromatic carbocycles. The number of hydrogen-bond donors (Lipinski definition) is 4. The minimum absolute atomic E-state index is 0.114. The van der Waals surface area contributed by atoms with Crippen molar-refractivity contribution < 1.29 is 28.9 Å². The van der Waals surface area contributed by atoms with Gasteiger partial charge in [-0.05, 0) is 74.5 Å². The van der Waals surface area contributed by atoms with E-state index in [0.29, 0.717) is 59.8 Å². The molecule has 4 heterocycles. The molecule has 3 aliphatic rings. The van der Waals surface area contributed by atoms with E-state index < -0.39 is 20.2 Å². The second kappa shape index (κ2) is 9.81. The number of aryl methyl sites for hydroxylation is 1. The van der Waals surface area contributed by atoms with Crippen LogP contribution in [0.5, 0.6) is 0 Å². The monoisotopic (exact) mass is 581 g/mol. The summed E-state index contributed by atoms with van der Waals surface area (Å²) in [4.78, 5) is 41.8. The number of carbonyl (C=O) groups is 1. The van der Waals surface area contributed by atoms with Crippen molar-refractivity contribution in [2.24, 2.45) is 0 Å². The number of carbonyl (C=O) groups excluding carboxylic acids is 1. The second-order valence-corrected chi connectivity index (χ2v) is 16.4. The summed E-state index contributed by atoms with van der Waals surface area (Å²) in [6.07, 6.45) is 0.697. The van der Waals surface area contributed by atoms with Crippen molar-refractivity contribution in [3.05, 3.63) is 61.7 Å². The molecule has 3 aromatic rings. The zero-order valence-corrected chi connectivity index (χ0v) is 24.8. The number of benzene rings is 1. The molecule has 218 valence electrons. The van der Waals surface area contributed by atoms with Gasteiger partial charge >= 0.3 is 0 Å². The first-order valence-corrected chi connectivity index (χ1v) is 17.4. The van der Waals surface area contributed by atoms with Crippen LogP contribution in [0.3, 0.4) is 0 Å². The maximum Gasteiger partial charge on any atom is 0.257 e. The number of fused-ring (bicyclic) bond motifs is 5. The SMILES string of the molecule is CC[C@]1(O)c2cc3n(c(=O)c2COC1O)Cc1c-3nc2cc(F)c(C)c3c2c1[C@@H](NC(=O)CCC[Si](C)(C)O)CC3. The highest BCUT2D eigenvalue weighted by molar-refractivity contribution is 6.69. The van der Waals surface area contributed by atoms with Gasteiger partial charge in [0.05, 0.1) is 36.1 Å². The number of aliphatic hydroxyl groups is 2. The van der Waals surface area contributed by atoms with Crippen LogP contribution in [0.2, 0.25) is 19.1 Å². The van der Waals surface area contributed by atoms with Gasteiger partial charge in [0.1, 0.15) is 11.4 Å². The first-order chi connectivity index (χ1) is 19.3. The number of amides is 1. The molecular weight excluding hydrogens is 545 g/mol. The lowest BCUT2D eigenvalue weighted by Gasteiger charge is -2.37. The smallest absolute Gasteiger partial charge is 0.257 e. The van der Waals surface area contributed by atoms with Crippen LogP contribution in [0.1, 0.15) is 72.0 Å². The average molecular weight is 582 g/mol. The van der Waals surface area contributed by atoms with Crippen molar-refractivity contribution in [3.8, 4) is 11.4 Å². The number of halogens is 1. The van der Waals surface area contributed by atoms with Crippen LogP contribution >= 0.6 is 0 Å². The van der Waals surface area contributed by atoms with Gasteiger partial charge < -0.3 is 29.6 Å². The van der Waals surface area contributed by atoms with Crippen molar-refractivity contribution in [3.63, 3.8) is 0 Å². The Morgan fingerprint density at radius 3 is 2.76 bits per heavy atom. The van der Waals surface area contributed by atoms with Gasteiger partial charge in [-0.25, -0.2) is 9.37 Å². The number of aromatic nitrogens is 2. The third-order valence-corrected chi connectivity index (χ3v) is 10.6. The molecule has 4 N–H and O–H groups in total. The number of nitrogens with zero attached hydrogens (tertiary/aromatic N) is 2. The number of nitrogens with one attached hydrogen (secondary N) is 1. The van der Waals surface area contributed by atoms with E-state index in [4.69, 9.17) is 9.72 Å². The Bertz CT molecular complexity index is 1670. The van der Waals surface area contributed by atoms with Gasteiger partial charge in [-0.2, -0.15) is 0 Å². The number of rotatable bonds is 6. The summed E-state index contributed by atoms with van der Waals surface area (Å²) >= 11 is 0. The summed E-state index contributed by atoms with van der Waals surface area (Å²) in [5, 5.41) is 25.8. The highest BCUT2D eigenvalue weighted by Gasteiger charge is 2.45. The van der Waals surface area contributed by atoms with Crippen molar-refractivity contribution in [2.75, 3.05) is 0 Å². The van der Waals surface area contributed by atoms with Crippen LogP contribution in [0, 0.1) is 12.7 Å². The first-order valence-electron chi connectivity index (χ1n) is 14.3. The lowest BCUT2D eigenvalue weighted by atomic mass is 9.81. The van der Waals surface area contributed by atoms with Gasteiger partial charge in [0, 0.05) is 34.6 Å². The van der Waals surface area contributed by atoms with E-state index in [-0.39, 0.29) is 48.5 Å². The van der Waals surface area contributed by atoms with Gasteiger partial charge in [-0.3, -0.25) is 9.59 Å². The van der Waals surface area contributed by atoms with Crippen LogP contribution in [0.15, 0.2) is 16.9 Å². The van der Waals surface area contributed by atoms with E-state index in [0.717, 1.165) is 22.1 Å². The zero-order valence-electron chi connectivity index (χ0n) is 23.8. The third-order valence-electron chi connectivity index (χ3n) is 9.06. The van der Waals surface area contributed by atoms with Crippen LogP contribution in [0.4, 0.5) is 4.39 Å². The largest absolute Gasteiger partial charge is 0.432 e. The Morgan fingerprint density at radius 1 is 1.29 bits per heavy atom. The molecule has 0 bridgehead atoms. The number of aliphatic hydroxyl groups excluding tert-OH is 1. The lowest BCUT2D eigenvalue weighted by Crippen LogP contribution is -2.47. The summed E-state index contributed by atoms with van der Waals surface area (Å²) < 4.78 is 22.0. The molecule has 41 heavy (non-hydrogen) atoms. The average Bonchev–Trinajstić information content (AvgIpc) is 3.28. The molecule has 11 heteroatoms. The van der Waals surface area contributed by atoms with Crippen LogP contribution in [0.25, 0.3) is 22.3 Å². The van der Waals surface area contributed by atoms with Crippen LogP contribution in [-0.4, -0.2) is 45.1 Å². The maximum atomic E-state index is 15.1. The lowest BCUT2D eigenvalue weighted by molar-refractivity contribution is -0.236. The Labute approximate surface area is 238 Å². The summed E-state index contributed by atoms with van der Waals surface area (Å²) in [5.41, 5.74) is 3.03. The van der Waals surface area contributed by atoms with Gasteiger partial charge in [-0.15, -0.1) is 0 Å². The fourth-order valence-electron chi connectivity index (χ4n) is 6.76. The van der Waals surface area contributed by atoms with Crippen LogP contribution < -0.4 is 10.9 Å². The topological polar surface area (TPSA) is 134 Å². The van der Waals surface area contributed by atoms with Crippen molar-refractivity contribution >= 4 is 25.1 Å². The van der Waals surface area contributed by atoms with Gasteiger partial charge in [0.25, 0.3) is 5.56 Å². The molecular formula is C30H36FN3O6Si. The van der Waals surface area contributed by atoms with Crippen LogP contribution in [-0.2, 0) is 34.7 Å². The predicted molar refractivity (Wildman–Crippen MR) is 153 cm³/mol. The number of pyridine rings is 2. The second-order valence-electron chi connectivity index (χ2n) is 12.3. The Kier molecular flexibility index (Phi) is 6.74. The summed E-state index contributed by atoms with van der Waals surface area (Å²) in [6.45, 7) is 7.26. The number of hydrogen-bond acceptors (Lipinski definition) is 7. The molecule has 6 rings (SSSR count). The van der Waals surface area contributed by atoms with Gasteiger partial charge in [0.2, 0.25) is 5.91 Å². The van der Waals surface area contributed by atoms with Crippen molar-refractivity contribution in [1.29, 1.82) is 0 Å². The summed E-state index contributed by atoms with van der Waals surface area (Å²) in [5.74, 6) is -0.470. The summed E-state index contributed by atoms with van der Waals surface area (Å²) in [7, 11) is -2.26. The molecule has 1 amide bonds.